The summed E-state index contributed by atoms with van der Waals surface area (Å²) < 4.78 is 6.27. The first-order valence-electron chi connectivity index (χ1n) is 7.83. The highest BCUT2D eigenvalue weighted by atomic mass is 16.5. The number of likely N-dealkylation sites (tertiary alicyclic amines) is 2. The van der Waals surface area contributed by atoms with Gasteiger partial charge in [0.15, 0.2) is 0 Å². The van der Waals surface area contributed by atoms with Gasteiger partial charge in [0, 0.05) is 31.6 Å². The fourth-order valence-corrected chi connectivity index (χ4v) is 4.02. The first kappa shape index (κ1) is 12.9. The van der Waals surface area contributed by atoms with E-state index in [0.29, 0.717) is 17.6 Å². The van der Waals surface area contributed by atoms with Crippen molar-refractivity contribution in [2.45, 2.75) is 51.7 Å². The zero-order valence-electron chi connectivity index (χ0n) is 12.0. The van der Waals surface area contributed by atoms with Crippen LogP contribution in [-0.4, -0.2) is 61.3 Å². The topological polar surface area (TPSA) is 15.7 Å². The van der Waals surface area contributed by atoms with Gasteiger partial charge in [0.05, 0.1) is 12.2 Å². The van der Waals surface area contributed by atoms with Gasteiger partial charge in [-0.1, -0.05) is 13.8 Å². The van der Waals surface area contributed by atoms with E-state index in [1.165, 1.54) is 65.0 Å². The fourth-order valence-electron chi connectivity index (χ4n) is 4.02. The van der Waals surface area contributed by atoms with Crippen LogP contribution in [0.3, 0.4) is 0 Å². The Balaban J connectivity index is 1.34. The molecule has 0 bridgehead atoms. The summed E-state index contributed by atoms with van der Waals surface area (Å²) in [5.41, 5.74) is 0.671. The molecule has 3 nitrogen and oxygen atoms in total. The molecule has 0 atom stereocenters. The van der Waals surface area contributed by atoms with E-state index in [0.717, 1.165) is 0 Å². The van der Waals surface area contributed by atoms with Crippen molar-refractivity contribution in [2.75, 3.05) is 39.3 Å². The van der Waals surface area contributed by atoms with Crippen molar-refractivity contribution in [3.63, 3.8) is 0 Å². The minimum absolute atomic E-state index is 0.553. The van der Waals surface area contributed by atoms with Crippen LogP contribution in [0.5, 0.6) is 0 Å². The maximum atomic E-state index is 6.27. The Hall–Kier alpha value is -0.120. The summed E-state index contributed by atoms with van der Waals surface area (Å²) in [4.78, 5) is 5.09. The molecule has 0 aromatic carbocycles. The van der Waals surface area contributed by atoms with E-state index in [1.807, 2.05) is 0 Å². The van der Waals surface area contributed by atoms with Crippen LogP contribution in [0.15, 0.2) is 0 Å². The lowest BCUT2D eigenvalue weighted by atomic mass is 9.61. The minimum Gasteiger partial charge on any atom is -0.375 e. The van der Waals surface area contributed by atoms with Gasteiger partial charge in [0.2, 0.25) is 0 Å². The minimum atomic E-state index is 0.553. The second-order valence-corrected chi connectivity index (χ2v) is 6.60. The lowest BCUT2D eigenvalue weighted by Crippen LogP contribution is -2.64. The van der Waals surface area contributed by atoms with E-state index >= 15 is 0 Å². The molecule has 2 heterocycles. The van der Waals surface area contributed by atoms with Gasteiger partial charge in [0.25, 0.3) is 0 Å². The number of ether oxygens (including phenoxy) is 1. The van der Waals surface area contributed by atoms with Crippen LogP contribution in [0.2, 0.25) is 0 Å². The summed E-state index contributed by atoms with van der Waals surface area (Å²) in [6, 6.07) is 0. The maximum absolute atomic E-state index is 6.27. The molecule has 0 amide bonds. The molecule has 2 saturated heterocycles. The van der Waals surface area contributed by atoms with Gasteiger partial charge in [-0.15, -0.1) is 0 Å². The van der Waals surface area contributed by atoms with E-state index in [-0.39, 0.29) is 0 Å². The van der Waals surface area contributed by atoms with Crippen molar-refractivity contribution in [1.82, 2.24) is 9.80 Å². The molecule has 1 aliphatic carbocycles. The first-order chi connectivity index (χ1) is 8.73. The summed E-state index contributed by atoms with van der Waals surface area (Å²) in [7, 11) is 0. The van der Waals surface area contributed by atoms with Gasteiger partial charge in [0.1, 0.15) is 0 Å². The molecular formula is C15H28N2O. The first-order valence-corrected chi connectivity index (χ1v) is 7.83. The average Bonchev–Trinajstić information content (AvgIpc) is 2.31. The molecule has 0 radical (unpaired) electrons. The molecule has 1 saturated carbocycles. The number of hydrogen-bond acceptors (Lipinski definition) is 3. The van der Waals surface area contributed by atoms with Crippen molar-refractivity contribution >= 4 is 0 Å². The van der Waals surface area contributed by atoms with Crippen molar-refractivity contribution in [2.24, 2.45) is 5.41 Å². The van der Waals surface area contributed by atoms with Crippen LogP contribution >= 0.6 is 0 Å². The summed E-state index contributed by atoms with van der Waals surface area (Å²) in [5, 5.41) is 0. The second kappa shape index (κ2) is 5.10. The Kier molecular flexibility index (Phi) is 3.65. The van der Waals surface area contributed by atoms with Crippen molar-refractivity contribution in [3.05, 3.63) is 0 Å². The summed E-state index contributed by atoms with van der Waals surface area (Å²) >= 11 is 0. The third-order valence-electron chi connectivity index (χ3n) is 5.25. The molecule has 18 heavy (non-hydrogen) atoms. The van der Waals surface area contributed by atoms with Crippen LogP contribution < -0.4 is 0 Å². The van der Waals surface area contributed by atoms with E-state index in [2.05, 4.69) is 23.6 Å². The van der Waals surface area contributed by atoms with E-state index in [4.69, 9.17) is 4.74 Å². The quantitative estimate of drug-likeness (QED) is 0.761. The molecule has 0 aromatic heterocycles. The predicted molar refractivity (Wildman–Crippen MR) is 73.8 cm³/mol. The van der Waals surface area contributed by atoms with Crippen LogP contribution in [-0.2, 0) is 4.74 Å². The molecular weight excluding hydrogens is 224 g/mol. The molecule has 0 N–H and O–H groups in total. The Labute approximate surface area is 111 Å². The Morgan fingerprint density at radius 3 is 2.11 bits per heavy atom. The number of piperidine rings is 1. The molecule has 0 aromatic rings. The molecule has 3 rings (SSSR count). The molecule has 104 valence electrons. The predicted octanol–water partition coefficient (Wildman–Crippen LogP) is 1.97. The number of nitrogens with zero attached hydrogens (tertiary/aromatic N) is 2. The van der Waals surface area contributed by atoms with E-state index < -0.39 is 0 Å². The fraction of sp³-hybridized carbons (Fsp3) is 1.00. The number of rotatable bonds is 4. The third-order valence-corrected chi connectivity index (χ3v) is 5.25. The normalized spacial score (nSPS) is 30.3. The molecule has 3 fully saturated rings. The summed E-state index contributed by atoms with van der Waals surface area (Å²) in [6.07, 6.45) is 6.30. The highest BCUT2D eigenvalue weighted by Crippen LogP contribution is 2.49. The van der Waals surface area contributed by atoms with Gasteiger partial charge in [-0.25, -0.2) is 0 Å². The highest BCUT2D eigenvalue weighted by molar-refractivity contribution is 5.05. The van der Waals surface area contributed by atoms with Crippen LogP contribution in [0.25, 0.3) is 0 Å². The van der Waals surface area contributed by atoms with Crippen LogP contribution in [0, 0.1) is 5.41 Å². The van der Waals surface area contributed by atoms with Crippen molar-refractivity contribution < 1.29 is 4.74 Å². The lowest BCUT2D eigenvalue weighted by molar-refractivity contribution is -0.173. The summed E-state index contributed by atoms with van der Waals surface area (Å²) in [5.74, 6) is 0. The van der Waals surface area contributed by atoms with E-state index in [9.17, 15) is 0 Å². The molecule has 0 unspecified atom stereocenters. The van der Waals surface area contributed by atoms with Gasteiger partial charge in [-0.3, -0.25) is 0 Å². The zero-order chi connectivity index (χ0) is 12.6. The van der Waals surface area contributed by atoms with Gasteiger partial charge >= 0.3 is 0 Å². The Morgan fingerprint density at radius 1 is 0.944 bits per heavy atom. The average molecular weight is 252 g/mol. The Morgan fingerprint density at radius 2 is 1.56 bits per heavy atom. The molecule has 3 aliphatic rings. The Bertz CT molecular complexity index is 272. The molecule has 2 aliphatic heterocycles. The zero-order valence-corrected chi connectivity index (χ0v) is 12.0. The molecule has 1 spiro atoms. The number of hydrogen-bond donors (Lipinski definition) is 0. The smallest absolute Gasteiger partial charge is 0.0603 e. The van der Waals surface area contributed by atoms with Crippen LogP contribution in [0.1, 0.15) is 39.5 Å². The van der Waals surface area contributed by atoms with Gasteiger partial charge < -0.3 is 14.5 Å². The second-order valence-electron chi connectivity index (χ2n) is 6.60. The largest absolute Gasteiger partial charge is 0.375 e. The summed E-state index contributed by atoms with van der Waals surface area (Å²) in [6.45, 7) is 12.1. The van der Waals surface area contributed by atoms with E-state index in [1.54, 1.807) is 0 Å². The van der Waals surface area contributed by atoms with Crippen LogP contribution in [0.4, 0.5) is 0 Å². The lowest BCUT2D eigenvalue weighted by Gasteiger charge is -2.59. The SMILES string of the molecule is CCN1CCC(OC2CC3(C2)CN(CC)C3)CC1. The highest BCUT2D eigenvalue weighted by Gasteiger charge is 2.52. The van der Waals surface area contributed by atoms with Gasteiger partial charge in [-0.05, 0) is 38.8 Å². The van der Waals surface area contributed by atoms with Crippen molar-refractivity contribution in [3.8, 4) is 0 Å². The molecule has 3 heteroatoms. The van der Waals surface area contributed by atoms with Crippen molar-refractivity contribution in [1.29, 1.82) is 0 Å². The monoisotopic (exact) mass is 252 g/mol. The standard InChI is InChI=1S/C15H28N2O/c1-3-16-7-5-13(6-8-16)18-14-9-15(10-14)11-17(4-2)12-15/h13-14H,3-12H2,1-2H3. The third kappa shape index (κ3) is 2.45. The van der Waals surface area contributed by atoms with Gasteiger partial charge in [-0.2, -0.15) is 0 Å². The maximum Gasteiger partial charge on any atom is 0.0603 e.